The van der Waals surface area contributed by atoms with Gasteiger partial charge in [-0.2, -0.15) is 5.26 Å². The highest BCUT2D eigenvalue weighted by Crippen LogP contribution is 2.26. The van der Waals surface area contributed by atoms with E-state index in [-0.39, 0.29) is 6.61 Å². The van der Waals surface area contributed by atoms with Gasteiger partial charge in [0.1, 0.15) is 23.0 Å². The number of hydrogen-bond donors (Lipinski definition) is 2. The number of rotatable bonds is 7. The van der Waals surface area contributed by atoms with Crippen molar-refractivity contribution in [3.63, 3.8) is 0 Å². The first-order valence-electron chi connectivity index (χ1n) is 7.56. The lowest BCUT2D eigenvalue weighted by Gasteiger charge is -2.12. The monoisotopic (exact) mass is 372 g/mol. The molecule has 0 radical (unpaired) electrons. The zero-order chi connectivity index (χ0) is 17.6. The van der Waals surface area contributed by atoms with Crippen molar-refractivity contribution < 1.29 is 9.84 Å². The van der Waals surface area contributed by atoms with Crippen LogP contribution in [-0.4, -0.2) is 33.5 Å². The fourth-order valence-corrected chi connectivity index (χ4v) is 3.71. The van der Waals surface area contributed by atoms with Crippen LogP contribution < -0.4 is 10.5 Å². The zero-order valence-electron chi connectivity index (χ0n) is 13.3. The third kappa shape index (κ3) is 4.60. The van der Waals surface area contributed by atoms with Gasteiger partial charge in [0.05, 0.1) is 24.0 Å². The Bertz CT molecular complexity index is 890. The topological polar surface area (TPSA) is 105 Å². The second-order valence-electron chi connectivity index (χ2n) is 5.29. The Hall–Kier alpha value is -2.34. The van der Waals surface area contributed by atoms with E-state index in [0.717, 1.165) is 15.8 Å². The van der Waals surface area contributed by atoms with Crippen molar-refractivity contribution in [2.24, 2.45) is 0 Å². The normalized spacial score (nSPS) is 12.0. The van der Waals surface area contributed by atoms with Gasteiger partial charge in [-0.25, -0.2) is 9.97 Å². The van der Waals surface area contributed by atoms with E-state index < -0.39 is 6.10 Å². The predicted molar refractivity (Wildman–Crippen MR) is 99.8 cm³/mol. The van der Waals surface area contributed by atoms with E-state index in [4.69, 9.17) is 15.7 Å². The fourth-order valence-electron chi connectivity index (χ4n) is 2.13. The average molecular weight is 372 g/mol. The molecule has 3 aromatic rings. The number of ether oxygens (including phenoxy) is 1. The number of thiophene rings is 1. The van der Waals surface area contributed by atoms with Crippen LogP contribution in [0.15, 0.2) is 40.9 Å². The Morgan fingerprint density at radius 2 is 2.08 bits per heavy atom. The number of thioether (sulfide) groups is 1. The van der Waals surface area contributed by atoms with Gasteiger partial charge >= 0.3 is 0 Å². The molecule has 1 atom stereocenters. The van der Waals surface area contributed by atoms with Gasteiger partial charge in [0, 0.05) is 5.75 Å². The SMILES string of the molecule is N#CCc1ccc(OC[C@@H](O)CSc2nc(N)c3ccsc3n2)cc1. The Kier molecular flexibility index (Phi) is 5.71. The summed E-state index contributed by atoms with van der Waals surface area (Å²) in [5, 5.41) is 22.1. The molecule has 3 N–H and O–H groups in total. The fraction of sp³-hybridized carbons (Fsp3) is 0.235. The number of aliphatic hydroxyl groups excluding tert-OH is 1. The molecule has 0 aliphatic rings. The number of nitrogens with two attached hydrogens (primary N) is 1. The van der Waals surface area contributed by atoms with Crippen LogP contribution in [-0.2, 0) is 6.42 Å². The van der Waals surface area contributed by atoms with E-state index in [9.17, 15) is 5.11 Å². The zero-order valence-corrected chi connectivity index (χ0v) is 14.9. The summed E-state index contributed by atoms with van der Waals surface area (Å²) in [7, 11) is 0. The first-order valence-corrected chi connectivity index (χ1v) is 9.42. The first kappa shape index (κ1) is 17.5. The number of nitrogens with zero attached hydrogens (tertiary/aromatic N) is 3. The highest BCUT2D eigenvalue weighted by atomic mass is 32.2. The minimum atomic E-state index is -0.660. The highest BCUT2D eigenvalue weighted by molar-refractivity contribution is 7.99. The molecule has 0 aliphatic carbocycles. The van der Waals surface area contributed by atoms with E-state index in [1.807, 2.05) is 23.6 Å². The van der Waals surface area contributed by atoms with Crippen molar-refractivity contribution >= 4 is 39.1 Å². The lowest BCUT2D eigenvalue weighted by molar-refractivity contribution is 0.126. The van der Waals surface area contributed by atoms with Crippen LogP contribution in [0.4, 0.5) is 5.82 Å². The van der Waals surface area contributed by atoms with Crippen molar-refractivity contribution in [1.29, 1.82) is 5.26 Å². The maximum Gasteiger partial charge on any atom is 0.190 e. The largest absolute Gasteiger partial charge is 0.491 e. The van der Waals surface area contributed by atoms with Crippen molar-refractivity contribution in [3.8, 4) is 11.8 Å². The number of hydrogen-bond acceptors (Lipinski definition) is 8. The Morgan fingerprint density at radius 1 is 1.28 bits per heavy atom. The summed E-state index contributed by atoms with van der Waals surface area (Å²) in [6.07, 6.45) is -0.287. The van der Waals surface area contributed by atoms with Crippen LogP contribution in [0.2, 0.25) is 0 Å². The lowest BCUT2D eigenvalue weighted by Crippen LogP contribution is -2.20. The first-order chi connectivity index (χ1) is 12.2. The minimum absolute atomic E-state index is 0.168. The Labute approximate surface area is 153 Å². The summed E-state index contributed by atoms with van der Waals surface area (Å²) in [5.74, 6) is 1.52. The molecule has 8 heteroatoms. The molecular weight excluding hydrogens is 356 g/mol. The maximum absolute atomic E-state index is 10.1. The van der Waals surface area contributed by atoms with E-state index in [1.165, 1.54) is 23.1 Å². The van der Waals surface area contributed by atoms with E-state index in [0.29, 0.717) is 28.9 Å². The van der Waals surface area contributed by atoms with E-state index in [1.54, 1.807) is 12.1 Å². The van der Waals surface area contributed by atoms with Crippen molar-refractivity contribution in [2.75, 3.05) is 18.1 Å². The summed E-state index contributed by atoms with van der Waals surface area (Å²) in [6.45, 7) is 0.168. The van der Waals surface area contributed by atoms with Gasteiger partial charge in [-0.05, 0) is 29.1 Å². The molecule has 0 fully saturated rings. The van der Waals surface area contributed by atoms with Gasteiger partial charge in [0.25, 0.3) is 0 Å². The summed E-state index contributed by atoms with van der Waals surface area (Å²) in [4.78, 5) is 9.52. The molecule has 0 spiro atoms. The van der Waals surface area contributed by atoms with Crippen molar-refractivity contribution in [2.45, 2.75) is 17.7 Å². The van der Waals surface area contributed by atoms with Crippen LogP contribution in [0.1, 0.15) is 5.56 Å². The van der Waals surface area contributed by atoms with Crippen molar-refractivity contribution in [1.82, 2.24) is 9.97 Å². The predicted octanol–water partition coefficient (Wildman–Crippen LogP) is 2.87. The third-order valence-corrected chi connectivity index (χ3v) is 5.19. The molecule has 0 unspecified atom stereocenters. The molecule has 0 bridgehead atoms. The quantitative estimate of drug-likeness (QED) is 0.485. The summed E-state index contributed by atoms with van der Waals surface area (Å²) < 4.78 is 5.56. The number of nitrogen functional groups attached to an aromatic ring is 1. The molecule has 0 saturated heterocycles. The van der Waals surface area contributed by atoms with Gasteiger partial charge in [-0.15, -0.1) is 11.3 Å². The number of nitriles is 1. The van der Waals surface area contributed by atoms with Gasteiger partial charge in [0.2, 0.25) is 0 Å². The summed E-state index contributed by atoms with van der Waals surface area (Å²) in [6, 6.07) is 11.3. The molecule has 0 aliphatic heterocycles. The van der Waals surface area contributed by atoms with Crippen LogP contribution in [0.5, 0.6) is 5.75 Å². The number of benzene rings is 1. The van der Waals surface area contributed by atoms with Crippen LogP contribution in [0, 0.1) is 11.3 Å². The van der Waals surface area contributed by atoms with E-state index >= 15 is 0 Å². The molecule has 1 aromatic carbocycles. The third-order valence-electron chi connectivity index (χ3n) is 3.39. The number of aliphatic hydroxyl groups is 1. The average Bonchev–Trinajstić information content (AvgIpc) is 3.09. The Balaban J connectivity index is 1.50. The standard InChI is InChI=1S/C17H16N4O2S2/c18-7-5-11-1-3-13(4-2-11)23-9-12(22)10-25-17-20-15(19)14-6-8-24-16(14)21-17/h1-4,6,8,12,22H,5,9-10H2,(H2,19,20,21)/t12-/m1/s1. The second kappa shape index (κ2) is 8.16. The number of aromatic nitrogens is 2. The molecular formula is C17H16N4O2S2. The summed E-state index contributed by atoms with van der Waals surface area (Å²) >= 11 is 2.85. The highest BCUT2D eigenvalue weighted by Gasteiger charge is 2.11. The van der Waals surface area contributed by atoms with E-state index in [2.05, 4.69) is 16.0 Å². The van der Waals surface area contributed by atoms with Crippen molar-refractivity contribution in [3.05, 3.63) is 41.3 Å². The molecule has 2 heterocycles. The number of anilines is 1. The molecule has 25 heavy (non-hydrogen) atoms. The lowest BCUT2D eigenvalue weighted by atomic mass is 10.2. The molecule has 0 saturated carbocycles. The van der Waals surface area contributed by atoms with Crippen LogP contribution in [0.25, 0.3) is 10.2 Å². The van der Waals surface area contributed by atoms with Crippen LogP contribution in [0.3, 0.4) is 0 Å². The van der Waals surface area contributed by atoms with Crippen LogP contribution >= 0.6 is 23.1 Å². The van der Waals surface area contributed by atoms with Gasteiger partial charge in [-0.3, -0.25) is 0 Å². The molecule has 2 aromatic heterocycles. The number of fused-ring (bicyclic) bond motifs is 1. The molecule has 0 amide bonds. The molecule has 6 nitrogen and oxygen atoms in total. The smallest absolute Gasteiger partial charge is 0.190 e. The molecule has 3 rings (SSSR count). The summed E-state index contributed by atoms with van der Waals surface area (Å²) in [5.41, 5.74) is 6.85. The molecule has 128 valence electrons. The van der Waals surface area contributed by atoms with Gasteiger partial charge < -0.3 is 15.6 Å². The maximum atomic E-state index is 10.1. The second-order valence-corrected chi connectivity index (χ2v) is 7.17. The van der Waals surface area contributed by atoms with Gasteiger partial charge in [-0.1, -0.05) is 23.9 Å². The van der Waals surface area contributed by atoms with Gasteiger partial charge in [0.15, 0.2) is 5.16 Å². The Morgan fingerprint density at radius 3 is 2.84 bits per heavy atom. The minimum Gasteiger partial charge on any atom is -0.491 e.